The average molecular weight is 518 g/mol. The van der Waals surface area contributed by atoms with Crippen LogP contribution in [0.4, 0.5) is 42.5 Å². The molecule has 3 aromatic carbocycles. The molecule has 12 heteroatoms. The summed E-state index contributed by atoms with van der Waals surface area (Å²) in [5.41, 5.74) is -2.27. The van der Waals surface area contributed by atoms with Gasteiger partial charge in [0, 0.05) is 23.9 Å². The van der Waals surface area contributed by atoms with Crippen molar-refractivity contribution < 1.29 is 35.9 Å². The number of amides is 3. The highest BCUT2D eigenvalue weighted by molar-refractivity contribution is 6.20. The third kappa shape index (κ3) is 5.50. The van der Waals surface area contributed by atoms with E-state index in [2.05, 4.69) is 22.4 Å². The number of carbonyl (C=O) groups is 2. The Labute approximate surface area is 206 Å². The van der Waals surface area contributed by atoms with Crippen LogP contribution in [0, 0.1) is 12.1 Å². The number of carbonyl (C=O) groups excluding carboxylic acids is 2. The zero-order valence-corrected chi connectivity index (χ0v) is 18.8. The van der Waals surface area contributed by atoms with Crippen molar-refractivity contribution in [2.45, 2.75) is 18.5 Å². The van der Waals surface area contributed by atoms with Crippen LogP contribution in [-0.4, -0.2) is 30.9 Å². The minimum Gasteiger partial charge on any atom is -0.308 e. The van der Waals surface area contributed by atoms with Gasteiger partial charge in [-0.2, -0.15) is 26.3 Å². The Balaban J connectivity index is 1.68. The second kappa shape index (κ2) is 9.50. The van der Waals surface area contributed by atoms with Gasteiger partial charge in [-0.3, -0.25) is 4.79 Å². The lowest BCUT2D eigenvalue weighted by Crippen LogP contribution is -2.47. The van der Waals surface area contributed by atoms with Crippen molar-refractivity contribution in [1.29, 1.82) is 0 Å². The minimum absolute atomic E-state index is 0.0615. The molecule has 0 aliphatic carbocycles. The molecule has 6 nitrogen and oxygen atoms in total. The molecule has 0 saturated carbocycles. The fourth-order valence-corrected chi connectivity index (χ4v) is 3.62. The van der Waals surface area contributed by atoms with Gasteiger partial charge in [-0.1, -0.05) is 36.4 Å². The van der Waals surface area contributed by atoms with E-state index in [1.165, 1.54) is 11.9 Å². The Morgan fingerprint density at radius 2 is 1.59 bits per heavy atom. The molecule has 1 heterocycles. The number of benzene rings is 2. The number of fused-ring (bicyclic) bond motifs is 1. The molecule has 0 bridgehead atoms. The van der Waals surface area contributed by atoms with E-state index in [-0.39, 0.29) is 6.07 Å². The number of alkyl halides is 6. The van der Waals surface area contributed by atoms with E-state index in [1.807, 2.05) is 5.32 Å². The molecule has 190 valence electrons. The molecule has 3 aromatic rings. The molecule has 1 unspecified atom stereocenters. The number of halogens is 6. The number of likely N-dealkylation sites (N-methyl/N-ethyl adjacent to an activating group) is 1. The first-order valence-corrected chi connectivity index (χ1v) is 10.5. The number of nitrogens with one attached hydrogen (secondary N) is 2. The van der Waals surface area contributed by atoms with E-state index in [4.69, 9.17) is 0 Å². The molecular weight excluding hydrogens is 502 g/mol. The molecule has 0 saturated heterocycles. The van der Waals surface area contributed by atoms with Crippen molar-refractivity contribution in [3.63, 3.8) is 0 Å². The Kier molecular flexibility index (Phi) is 6.56. The van der Waals surface area contributed by atoms with Crippen LogP contribution in [0.15, 0.2) is 65.7 Å². The second-order valence-electron chi connectivity index (χ2n) is 7.90. The Bertz CT molecular complexity index is 1340. The number of hydrogen-bond donors (Lipinski definition) is 2. The first-order chi connectivity index (χ1) is 17.3. The zero-order chi connectivity index (χ0) is 27.0. The molecule has 0 spiro atoms. The summed E-state index contributed by atoms with van der Waals surface area (Å²) in [4.78, 5) is 31.3. The summed E-state index contributed by atoms with van der Waals surface area (Å²) < 4.78 is 78.9. The monoisotopic (exact) mass is 518 g/mol. The highest BCUT2D eigenvalue weighted by atomic mass is 19.4. The van der Waals surface area contributed by atoms with E-state index >= 15 is 0 Å². The lowest BCUT2D eigenvalue weighted by atomic mass is 10.0. The van der Waals surface area contributed by atoms with Crippen LogP contribution >= 0.6 is 0 Å². The predicted molar refractivity (Wildman–Crippen MR) is 122 cm³/mol. The maximum atomic E-state index is 13.2. The average Bonchev–Trinajstić information content (AvgIpc) is 2.94. The standard InChI is InChI=1S/C25H16F6N4O2/c1-35-19-10-6-5-9-18(19)20(14-7-3-2-4-8-14)33-21(22(35)36)34-23(37)32-17-12-15(24(26,27)28)11-16(13-17)25(29,30)31/h2-5,7-9,11-13,21H,1H3,(H2,32,34,37). The molecule has 37 heavy (non-hydrogen) atoms. The number of anilines is 2. The van der Waals surface area contributed by atoms with E-state index < -0.39 is 47.3 Å². The van der Waals surface area contributed by atoms with Gasteiger partial charge in [-0.05, 0) is 36.4 Å². The highest BCUT2D eigenvalue weighted by Crippen LogP contribution is 2.37. The maximum absolute atomic E-state index is 13.2. The lowest BCUT2D eigenvalue weighted by Gasteiger charge is -2.20. The molecule has 1 aliphatic rings. The van der Waals surface area contributed by atoms with Crippen molar-refractivity contribution in [2.24, 2.45) is 4.99 Å². The van der Waals surface area contributed by atoms with Crippen molar-refractivity contribution in [2.75, 3.05) is 17.3 Å². The molecule has 1 atom stereocenters. The van der Waals surface area contributed by atoms with E-state index in [0.29, 0.717) is 34.7 Å². The van der Waals surface area contributed by atoms with Gasteiger partial charge in [-0.15, -0.1) is 0 Å². The molecule has 0 radical (unpaired) electrons. The van der Waals surface area contributed by atoms with E-state index in [0.717, 1.165) is 0 Å². The number of hydrogen-bond acceptors (Lipinski definition) is 3. The second-order valence-corrected chi connectivity index (χ2v) is 7.90. The van der Waals surface area contributed by atoms with E-state index in [9.17, 15) is 35.9 Å². The Hall–Kier alpha value is -4.53. The van der Waals surface area contributed by atoms with Crippen LogP contribution in [0.5, 0.6) is 0 Å². The maximum Gasteiger partial charge on any atom is 0.416 e. The van der Waals surface area contributed by atoms with Crippen LogP contribution in [0.1, 0.15) is 22.3 Å². The van der Waals surface area contributed by atoms with Gasteiger partial charge in [0.2, 0.25) is 6.17 Å². The van der Waals surface area contributed by atoms with E-state index in [1.54, 1.807) is 42.5 Å². The van der Waals surface area contributed by atoms with Crippen LogP contribution < -0.4 is 15.5 Å². The number of aliphatic imine (C=N–C) groups is 1. The summed E-state index contributed by atoms with van der Waals surface area (Å²) >= 11 is 0. The third-order valence-corrected chi connectivity index (χ3v) is 5.35. The van der Waals surface area contributed by atoms with Gasteiger partial charge in [0.15, 0.2) is 0 Å². The van der Waals surface area contributed by atoms with Crippen molar-refractivity contribution in [3.05, 3.63) is 95.1 Å². The van der Waals surface area contributed by atoms with Crippen LogP contribution in [0.2, 0.25) is 0 Å². The molecular formula is C25H16F6N4O2. The fraction of sp³-hybridized carbons (Fsp3) is 0.160. The largest absolute Gasteiger partial charge is 0.416 e. The highest BCUT2D eigenvalue weighted by Gasteiger charge is 2.37. The SMILES string of the molecule is CN1C(=O)C(NC(=O)Nc2cc(C(F)(F)F)cc(C(F)(F)F)c2)N=C(c2ccccc2)c2ccc#cc21. The topological polar surface area (TPSA) is 73.8 Å². The predicted octanol–water partition coefficient (Wildman–Crippen LogP) is 5.29. The van der Waals surface area contributed by atoms with Gasteiger partial charge >= 0.3 is 18.4 Å². The summed E-state index contributed by atoms with van der Waals surface area (Å²) in [7, 11) is 1.41. The van der Waals surface area contributed by atoms with Gasteiger partial charge in [0.25, 0.3) is 5.91 Å². The first kappa shape index (κ1) is 25.6. The summed E-state index contributed by atoms with van der Waals surface area (Å²) in [6.45, 7) is 0. The normalized spacial score (nSPS) is 15.8. The summed E-state index contributed by atoms with van der Waals surface area (Å²) in [6, 6.07) is 16.8. The Morgan fingerprint density at radius 1 is 0.973 bits per heavy atom. The summed E-state index contributed by atoms with van der Waals surface area (Å²) in [6.07, 6.45) is -11.8. The minimum atomic E-state index is -5.09. The summed E-state index contributed by atoms with van der Waals surface area (Å²) in [5.74, 6) is -0.724. The Morgan fingerprint density at radius 3 is 2.19 bits per heavy atom. The quantitative estimate of drug-likeness (QED) is 0.463. The molecule has 4 rings (SSSR count). The number of urea groups is 1. The molecule has 1 aliphatic heterocycles. The van der Waals surface area contributed by atoms with Crippen molar-refractivity contribution in [3.8, 4) is 0 Å². The molecule has 2 N–H and O–H groups in total. The van der Waals surface area contributed by atoms with Crippen LogP contribution in [-0.2, 0) is 17.1 Å². The zero-order valence-electron chi connectivity index (χ0n) is 18.8. The third-order valence-electron chi connectivity index (χ3n) is 5.35. The molecule has 0 fully saturated rings. The van der Waals surface area contributed by atoms with Crippen molar-refractivity contribution in [1.82, 2.24) is 5.32 Å². The fourth-order valence-electron chi connectivity index (χ4n) is 3.62. The lowest BCUT2D eigenvalue weighted by molar-refractivity contribution is -0.143. The van der Waals surface area contributed by atoms with Gasteiger partial charge in [-0.25, -0.2) is 9.79 Å². The van der Waals surface area contributed by atoms with Crippen LogP contribution in [0.25, 0.3) is 0 Å². The molecule has 0 aromatic heterocycles. The van der Waals surface area contributed by atoms with Crippen molar-refractivity contribution >= 4 is 29.0 Å². The molecule has 3 amide bonds. The van der Waals surface area contributed by atoms with Gasteiger partial charge in [0.1, 0.15) is 5.69 Å². The van der Waals surface area contributed by atoms with Gasteiger partial charge in [0.05, 0.1) is 16.8 Å². The number of rotatable bonds is 3. The van der Waals surface area contributed by atoms with Gasteiger partial charge < -0.3 is 15.5 Å². The smallest absolute Gasteiger partial charge is 0.308 e. The first-order valence-electron chi connectivity index (χ1n) is 10.5. The van der Waals surface area contributed by atoms with Crippen LogP contribution in [0.3, 0.4) is 0 Å². The summed E-state index contributed by atoms with van der Waals surface area (Å²) in [5, 5.41) is 4.16. The number of nitrogens with zero attached hydrogens (tertiary/aromatic N) is 2.